The maximum atomic E-state index is 12.1. The van der Waals surface area contributed by atoms with Gasteiger partial charge in [0, 0.05) is 19.1 Å². The van der Waals surface area contributed by atoms with E-state index in [0.29, 0.717) is 12.0 Å². The largest absolute Gasteiger partial charge is 0.364 e. The summed E-state index contributed by atoms with van der Waals surface area (Å²) in [5, 5.41) is 7.42. The Kier molecular flexibility index (Phi) is 3.73. The van der Waals surface area contributed by atoms with Gasteiger partial charge in [-0.2, -0.15) is 11.3 Å². The maximum Gasteiger partial charge on any atom is 0.249 e. The second-order valence-electron chi connectivity index (χ2n) is 6.60. The van der Waals surface area contributed by atoms with Gasteiger partial charge < -0.3 is 10.1 Å². The molecule has 1 aromatic heterocycles. The molecule has 5 heteroatoms. The van der Waals surface area contributed by atoms with Gasteiger partial charge in [-0.05, 0) is 60.5 Å². The minimum atomic E-state index is -0.207. The SMILES string of the molecule is O=C(NC1CC1)[C@@H]1C[C@@H]2CCN(Cc3ccsc3)C[C@@H]2O1. The molecule has 0 spiro atoms. The molecule has 1 aliphatic carbocycles. The lowest BCUT2D eigenvalue weighted by Gasteiger charge is -2.33. The maximum absolute atomic E-state index is 12.1. The molecule has 2 saturated heterocycles. The average molecular weight is 306 g/mol. The van der Waals surface area contributed by atoms with Crippen LogP contribution in [0.15, 0.2) is 16.8 Å². The Morgan fingerprint density at radius 3 is 3.10 bits per heavy atom. The zero-order chi connectivity index (χ0) is 14.2. The van der Waals surface area contributed by atoms with Crippen LogP contribution in [0.2, 0.25) is 0 Å². The molecule has 3 heterocycles. The third kappa shape index (κ3) is 3.15. The molecule has 114 valence electrons. The molecular formula is C16H22N2O2S. The zero-order valence-electron chi connectivity index (χ0n) is 12.2. The van der Waals surface area contributed by atoms with Crippen LogP contribution in [0.1, 0.15) is 31.2 Å². The summed E-state index contributed by atoms with van der Waals surface area (Å²) >= 11 is 1.75. The summed E-state index contributed by atoms with van der Waals surface area (Å²) in [7, 11) is 0. The highest BCUT2D eigenvalue weighted by atomic mass is 32.1. The molecule has 3 atom stereocenters. The molecule has 0 radical (unpaired) electrons. The Labute approximate surface area is 129 Å². The van der Waals surface area contributed by atoms with Crippen molar-refractivity contribution in [1.29, 1.82) is 0 Å². The smallest absolute Gasteiger partial charge is 0.249 e. The monoisotopic (exact) mass is 306 g/mol. The lowest BCUT2D eigenvalue weighted by molar-refractivity contribution is -0.133. The van der Waals surface area contributed by atoms with Crippen LogP contribution in [-0.2, 0) is 16.1 Å². The van der Waals surface area contributed by atoms with Gasteiger partial charge in [-0.25, -0.2) is 0 Å². The molecule has 1 saturated carbocycles. The molecule has 2 aliphatic heterocycles. The van der Waals surface area contributed by atoms with Crippen LogP contribution < -0.4 is 5.32 Å². The first-order valence-electron chi connectivity index (χ1n) is 7.97. The van der Waals surface area contributed by atoms with E-state index in [4.69, 9.17) is 4.74 Å². The van der Waals surface area contributed by atoms with Crippen LogP contribution in [0.25, 0.3) is 0 Å². The second kappa shape index (κ2) is 5.71. The Hall–Kier alpha value is -0.910. The van der Waals surface area contributed by atoms with Gasteiger partial charge in [0.2, 0.25) is 5.91 Å². The quantitative estimate of drug-likeness (QED) is 0.925. The highest BCUT2D eigenvalue weighted by Crippen LogP contribution is 2.34. The van der Waals surface area contributed by atoms with E-state index < -0.39 is 0 Å². The number of likely N-dealkylation sites (tertiary alicyclic amines) is 1. The zero-order valence-corrected chi connectivity index (χ0v) is 13.0. The molecule has 4 nitrogen and oxygen atoms in total. The molecule has 1 N–H and O–H groups in total. The van der Waals surface area contributed by atoms with E-state index in [1.54, 1.807) is 11.3 Å². The Bertz CT molecular complexity index is 500. The van der Waals surface area contributed by atoms with E-state index in [1.807, 2.05) is 0 Å². The minimum absolute atomic E-state index is 0.122. The van der Waals surface area contributed by atoms with Crippen molar-refractivity contribution in [2.75, 3.05) is 13.1 Å². The van der Waals surface area contributed by atoms with Crippen molar-refractivity contribution in [3.8, 4) is 0 Å². The number of nitrogens with one attached hydrogen (secondary N) is 1. The van der Waals surface area contributed by atoms with Crippen molar-refractivity contribution in [2.24, 2.45) is 5.92 Å². The number of thiophene rings is 1. The van der Waals surface area contributed by atoms with Crippen molar-refractivity contribution >= 4 is 17.2 Å². The van der Waals surface area contributed by atoms with Gasteiger partial charge in [0.15, 0.2) is 0 Å². The highest BCUT2D eigenvalue weighted by molar-refractivity contribution is 7.07. The van der Waals surface area contributed by atoms with Gasteiger partial charge >= 0.3 is 0 Å². The number of amides is 1. The third-order valence-electron chi connectivity index (χ3n) is 4.84. The van der Waals surface area contributed by atoms with Crippen LogP contribution >= 0.6 is 11.3 Å². The van der Waals surface area contributed by atoms with E-state index in [0.717, 1.165) is 45.3 Å². The fourth-order valence-corrected chi connectivity index (χ4v) is 4.13. The number of hydrogen-bond donors (Lipinski definition) is 1. The van der Waals surface area contributed by atoms with E-state index >= 15 is 0 Å². The first kappa shape index (κ1) is 13.7. The standard InChI is InChI=1S/C16H22N2O2S/c19-16(17-13-1-2-13)14-7-12-3-5-18(9-15(12)20-14)8-11-4-6-21-10-11/h4,6,10,12-15H,1-3,5,7-9H2,(H,17,19)/t12-,14-,15-/m0/s1. The van der Waals surface area contributed by atoms with E-state index in [-0.39, 0.29) is 18.1 Å². The third-order valence-corrected chi connectivity index (χ3v) is 5.57. The van der Waals surface area contributed by atoms with Crippen LogP contribution in [0.4, 0.5) is 0 Å². The summed E-state index contributed by atoms with van der Waals surface area (Å²) in [6.45, 7) is 3.10. The number of hydrogen-bond acceptors (Lipinski definition) is 4. The first-order chi connectivity index (χ1) is 10.3. The van der Waals surface area contributed by atoms with Crippen molar-refractivity contribution in [1.82, 2.24) is 10.2 Å². The number of carbonyl (C=O) groups excluding carboxylic acids is 1. The summed E-state index contributed by atoms with van der Waals surface area (Å²) in [5.41, 5.74) is 1.39. The van der Waals surface area contributed by atoms with E-state index in [1.165, 1.54) is 5.56 Å². The Morgan fingerprint density at radius 2 is 2.33 bits per heavy atom. The van der Waals surface area contributed by atoms with Gasteiger partial charge in [-0.1, -0.05) is 0 Å². The second-order valence-corrected chi connectivity index (χ2v) is 7.38. The molecule has 1 aromatic rings. The van der Waals surface area contributed by atoms with Gasteiger partial charge in [0.1, 0.15) is 6.10 Å². The normalized spacial score (nSPS) is 32.9. The Balaban J connectivity index is 1.32. The highest BCUT2D eigenvalue weighted by Gasteiger charge is 2.42. The molecule has 21 heavy (non-hydrogen) atoms. The van der Waals surface area contributed by atoms with Gasteiger partial charge in [0.05, 0.1) is 6.10 Å². The number of nitrogens with zero attached hydrogens (tertiary/aromatic N) is 1. The Morgan fingerprint density at radius 1 is 1.43 bits per heavy atom. The summed E-state index contributed by atoms with van der Waals surface area (Å²) in [6.07, 6.45) is 4.38. The average Bonchev–Trinajstić information content (AvgIpc) is 3.00. The number of rotatable bonds is 4. The lowest BCUT2D eigenvalue weighted by atomic mass is 9.91. The number of fused-ring (bicyclic) bond motifs is 1. The van der Waals surface area contributed by atoms with Crippen LogP contribution in [-0.4, -0.2) is 42.1 Å². The van der Waals surface area contributed by atoms with Gasteiger partial charge in [-0.15, -0.1) is 0 Å². The molecule has 3 aliphatic rings. The fourth-order valence-electron chi connectivity index (χ4n) is 3.47. The molecule has 0 aromatic carbocycles. The summed E-state index contributed by atoms with van der Waals surface area (Å²) in [6, 6.07) is 2.62. The van der Waals surface area contributed by atoms with Crippen LogP contribution in [0.3, 0.4) is 0 Å². The molecule has 0 bridgehead atoms. The van der Waals surface area contributed by atoms with Crippen molar-refractivity contribution in [3.63, 3.8) is 0 Å². The lowest BCUT2D eigenvalue weighted by Crippen LogP contribution is -2.42. The predicted molar refractivity (Wildman–Crippen MR) is 82.1 cm³/mol. The van der Waals surface area contributed by atoms with Crippen molar-refractivity contribution in [3.05, 3.63) is 22.4 Å². The first-order valence-corrected chi connectivity index (χ1v) is 8.91. The van der Waals surface area contributed by atoms with Crippen LogP contribution in [0.5, 0.6) is 0 Å². The van der Waals surface area contributed by atoms with Crippen molar-refractivity contribution < 1.29 is 9.53 Å². The van der Waals surface area contributed by atoms with Gasteiger partial charge in [0.25, 0.3) is 0 Å². The predicted octanol–water partition coefficient (Wildman–Crippen LogP) is 2.01. The number of ether oxygens (including phenoxy) is 1. The fraction of sp³-hybridized carbons (Fsp3) is 0.688. The molecule has 4 rings (SSSR count). The summed E-state index contributed by atoms with van der Waals surface area (Å²) in [5.74, 6) is 0.690. The molecular weight excluding hydrogens is 284 g/mol. The topological polar surface area (TPSA) is 41.6 Å². The van der Waals surface area contributed by atoms with Gasteiger partial charge in [-0.3, -0.25) is 9.69 Å². The molecule has 1 amide bonds. The number of carbonyl (C=O) groups is 1. The van der Waals surface area contributed by atoms with E-state index in [9.17, 15) is 4.79 Å². The summed E-state index contributed by atoms with van der Waals surface area (Å²) < 4.78 is 6.05. The van der Waals surface area contributed by atoms with E-state index in [2.05, 4.69) is 27.0 Å². The molecule has 0 unspecified atom stereocenters. The van der Waals surface area contributed by atoms with Crippen LogP contribution in [0, 0.1) is 5.92 Å². The number of piperidine rings is 1. The molecule has 3 fully saturated rings. The van der Waals surface area contributed by atoms with Crippen molar-refractivity contribution in [2.45, 2.75) is 50.5 Å². The summed E-state index contributed by atoms with van der Waals surface area (Å²) in [4.78, 5) is 14.6. The minimum Gasteiger partial charge on any atom is -0.364 e.